The summed E-state index contributed by atoms with van der Waals surface area (Å²) in [7, 11) is 0. The second-order valence-corrected chi connectivity index (χ2v) is 8.48. The molecule has 0 atom stereocenters. The van der Waals surface area contributed by atoms with Crippen LogP contribution in [0.15, 0.2) is 88.4 Å². The number of fused-ring (bicyclic) bond motifs is 1. The molecule has 2 aromatic heterocycles. The summed E-state index contributed by atoms with van der Waals surface area (Å²) >= 11 is 9.53. The molecule has 8 nitrogen and oxygen atoms in total. The van der Waals surface area contributed by atoms with Gasteiger partial charge in [0.2, 0.25) is 0 Å². The second kappa shape index (κ2) is 8.27. The molecule has 0 unspecified atom stereocenters. The lowest BCUT2D eigenvalue weighted by Crippen LogP contribution is -2.17. The van der Waals surface area contributed by atoms with E-state index in [4.69, 9.17) is 11.6 Å². The molecule has 3 aromatic carbocycles. The van der Waals surface area contributed by atoms with Crippen molar-refractivity contribution >= 4 is 44.4 Å². The number of non-ortho nitro benzene ring substituents is 1. The number of nitrogens with zero attached hydrogens (tertiary/aromatic N) is 5. The van der Waals surface area contributed by atoms with Gasteiger partial charge in [0.1, 0.15) is 12.2 Å². The van der Waals surface area contributed by atoms with Gasteiger partial charge in [0.05, 0.1) is 10.6 Å². The average Bonchev–Trinajstić information content (AvgIpc) is 3.26. The number of hydrogen-bond acceptors (Lipinski definition) is 5. The lowest BCUT2D eigenvalue weighted by Gasteiger charge is -2.17. The first-order valence-corrected chi connectivity index (χ1v) is 10.9. The first-order valence-electron chi connectivity index (χ1n) is 9.69. The molecule has 0 saturated heterocycles. The molecule has 0 aliphatic heterocycles. The van der Waals surface area contributed by atoms with Crippen LogP contribution in [0.2, 0.25) is 5.02 Å². The summed E-state index contributed by atoms with van der Waals surface area (Å²) in [5.74, 6) is 0.398. The molecule has 0 amide bonds. The minimum absolute atomic E-state index is 0.0723. The minimum Gasteiger partial charge on any atom is -0.284 e. The Hall–Kier alpha value is -3.82. The van der Waals surface area contributed by atoms with Gasteiger partial charge < -0.3 is 0 Å². The predicted octanol–water partition coefficient (Wildman–Crippen LogP) is 5.56. The number of imidazole rings is 1. The Labute approximate surface area is 200 Å². The van der Waals surface area contributed by atoms with Crippen LogP contribution in [-0.2, 0) is 0 Å². The zero-order valence-corrected chi connectivity index (χ0v) is 19.1. The van der Waals surface area contributed by atoms with E-state index in [0.29, 0.717) is 33.4 Å². The Kier molecular flexibility index (Phi) is 5.27. The number of rotatable bonds is 4. The van der Waals surface area contributed by atoms with E-state index in [1.807, 2.05) is 24.3 Å². The van der Waals surface area contributed by atoms with Crippen LogP contribution in [0.5, 0.6) is 0 Å². The Morgan fingerprint density at radius 1 is 0.970 bits per heavy atom. The number of nitro groups is 1. The van der Waals surface area contributed by atoms with E-state index in [1.54, 1.807) is 45.5 Å². The van der Waals surface area contributed by atoms with Crippen LogP contribution in [0.25, 0.3) is 33.9 Å². The maximum absolute atomic E-state index is 13.0. The molecule has 0 aliphatic carbocycles. The smallest absolute Gasteiger partial charge is 0.284 e. The summed E-state index contributed by atoms with van der Waals surface area (Å²) in [6, 6.07) is 20.6. The van der Waals surface area contributed by atoms with Crippen molar-refractivity contribution < 1.29 is 4.92 Å². The largest absolute Gasteiger partial charge is 0.301 e. The standard InChI is InChI=1S/C23H13BrClN5O3/c24-15-6-4-14(5-7-15)21-27-22(31)20-23(29(21)17-10-8-16(25)9-11-17)28(13-26-20)18-2-1-3-19(12-18)30(32)33/h1-13H. The summed E-state index contributed by atoms with van der Waals surface area (Å²) < 4.78 is 4.32. The van der Waals surface area contributed by atoms with Gasteiger partial charge in [-0.15, -0.1) is 0 Å². The molecular weight excluding hydrogens is 510 g/mol. The highest BCUT2D eigenvalue weighted by Gasteiger charge is 2.20. The van der Waals surface area contributed by atoms with Crippen molar-refractivity contribution in [2.45, 2.75) is 0 Å². The molecular formula is C23H13BrClN5O3. The molecule has 0 radical (unpaired) electrons. The Morgan fingerprint density at radius 2 is 1.70 bits per heavy atom. The van der Waals surface area contributed by atoms with E-state index in [9.17, 15) is 14.9 Å². The molecule has 0 bridgehead atoms. The van der Waals surface area contributed by atoms with E-state index in [-0.39, 0.29) is 11.2 Å². The van der Waals surface area contributed by atoms with Crippen LogP contribution >= 0.6 is 27.5 Å². The predicted molar refractivity (Wildman–Crippen MR) is 129 cm³/mol. The SMILES string of the molecule is O=c1nc(-c2ccc(Br)cc2)n(-c2ccc(Cl)cc2)c2c1ncn2-c1cccc([N+](=O)[O-])c1. The van der Waals surface area contributed by atoms with Crippen LogP contribution in [0.1, 0.15) is 0 Å². The lowest BCUT2D eigenvalue weighted by atomic mass is 10.2. The molecule has 2 heterocycles. The monoisotopic (exact) mass is 521 g/mol. The average molecular weight is 523 g/mol. The normalized spacial score (nSPS) is 11.1. The first kappa shape index (κ1) is 21.0. The van der Waals surface area contributed by atoms with Gasteiger partial charge in [-0.25, -0.2) is 4.98 Å². The third-order valence-electron chi connectivity index (χ3n) is 5.08. The number of nitro benzene ring substituents is 1. The number of aromatic nitrogens is 4. The summed E-state index contributed by atoms with van der Waals surface area (Å²) in [5, 5.41) is 11.9. The van der Waals surface area contributed by atoms with Gasteiger partial charge in [-0.2, -0.15) is 4.98 Å². The van der Waals surface area contributed by atoms with Crippen molar-refractivity contribution in [3.8, 4) is 22.8 Å². The molecule has 0 aliphatic rings. The van der Waals surface area contributed by atoms with Crippen molar-refractivity contribution in [1.29, 1.82) is 0 Å². The van der Waals surface area contributed by atoms with E-state index >= 15 is 0 Å². The van der Waals surface area contributed by atoms with Gasteiger partial charge in [-0.1, -0.05) is 45.7 Å². The Bertz CT molecular complexity index is 1580. The second-order valence-electron chi connectivity index (χ2n) is 7.12. The van der Waals surface area contributed by atoms with Gasteiger partial charge in [0.25, 0.3) is 5.69 Å². The minimum atomic E-state index is -0.502. The van der Waals surface area contributed by atoms with Crippen LogP contribution < -0.4 is 5.56 Å². The molecule has 0 fully saturated rings. The zero-order valence-electron chi connectivity index (χ0n) is 16.7. The van der Waals surface area contributed by atoms with Crippen LogP contribution in [0.3, 0.4) is 0 Å². The third-order valence-corrected chi connectivity index (χ3v) is 5.86. The molecule has 5 rings (SSSR count). The van der Waals surface area contributed by atoms with Crippen molar-refractivity contribution in [1.82, 2.24) is 19.1 Å². The molecule has 0 N–H and O–H groups in total. The van der Waals surface area contributed by atoms with Gasteiger partial charge in [-0.05, 0) is 42.5 Å². The van der Waals surface area contributed by atoms with Gasteiger partial charge in [-0.3, -0.25) is 24.0 Å². The summed E-state index contributed by atoms with van der Waals surface area (Å²) in [5.41, 5.74) is 1.88. The maximum Gasteiger partial charge on any atom is 0.301 e. The molecule has 0 spiro atoms. The highest BCUT2D eigenvalue weighted by atomic mass is 79.9. The summed E-state index contributed by atoms with van der Waals surface area (Å²) in [4.78, 5) is 32.4. The molecule has 162 valence electrons. The Morgan fingerprint density at radius 3 is 2.39 bits per heavy atom. The molecule has 5 aromatic rings. The molecule has 10 heteroatoms. The molecule has 0 saturated carbocycles. The highest BCUT2D eigenvalue weighted by Crippen LogP contribution is 2.29. The van der Waals surface area contributed by atoms with E-state index < -0.39 is 10.5 Å². The van der Waals surface area contributed by atoms with Crippen LogP contribution in [0.4, 0.5) is 5.69 Å². The van der Waals surface area contributed by atoms with Gasteiger partial charge >= 0.3 is 5.56 Å². The fourth-order valence-corrected chi connectivity index (χ4v) is 3.97. The zero-order chi connectivity index (χ0) is 23.1. The highest BCUT2D eigenvalue weighted by molar-refractivity contribution is 9.10. The summed E-state index contributed by atoms with van der Waals surface area (Å²) in [6.45, 7) is 0. The van der Waals surface area contributed by atoms with Crippen molar-refractivity contribution in [2.75, 3.05) is 0 Å². The van der Waals surface area contributed by atoms with Gasteiger partial charge in [0.15, 0.2) is 11.2 Å². The van der Waals surface area contributed by atoms with Crippen molar-refractivity contribution in [3.63, 3.8) is 0 Å². The molecule has 33 heavy (non-hydrogen) atoms. The number of halogens is 2. The van der Waals surface area contributed by atoms with Gasteiger partial charge in [0, 0.05) is 32.9 Å². The van der Waals surface area contributed by atoms with E-state index in [2.05, 4.69) is 25.9 Å². The lowest BCUT2D eigenvalue weighted by molar-refractivity contribution is -0.384. The Balaban J connectivity index is 1.89. The fraction of sp³-hybridized carbons (Fsp3) is 0. The fourth-order valence-electron chi connectivity index (χ4n) is 3.58. The van der Waals surface area contributed by atoms with Crippen molar-refractivity contribution in [3.05, 3.63) is 109 Å². The van der Waals surface area contributed by atoms with Crippen molar-refractivity contribution in [2.24, 2.45) is 0 Å². The van der Waals surface area contributed by atoms with E-state index in [1.165, 1.54) is 18.5 Å². The van der Waals surface area contributed by atoms with Crippen LogP contribution in [0, 0.1) is 10.1 Å². The first-order chi connectivity index (χ1) is 15.9. The van der Waals surface area contributed by atoms with E-state index in [0.717, 1.165) is 4.47 Å². The third kappa shape index (κ3) is 3.81. The number of hydrogen-bond donors (Lipinski definition) is 0. The topological polar surface area (TPSA) is 95.8 Å². The number of benzene rings is 3. The quantitative estimate of drug-likeness (QED) is 0.227. The summed E-state index contributed by atoms with van der Waals surface area (Å²) in [6.07, 6.45) is 1.46. The van der Waals surface area contributed by atoms with Crippen LogP contribution in [-0.4, -0.2) is 24.0 Å². The maximum atomic E-state index is 13.0.